The van der Waals surface area contributed by atoms with Crippen LogP contribution in [0.5, 0.6) is 0 Å². The molecule has 0 amide bonds. The minimum absolute atomic E-state index is 0.258. The number of tetrazole rings is 1. The van der Waals surface area contributed by atoms with E-state index in [1.807, 2.05) is 0 Å². The summed E-state index contributed by atoms with van der Waals surface area (Å²) in [6.45, 7) is 1.07. The SMILES string of the molecule is OCCCSCCNc1cncc2nnnn12. The Kier molecular flexibility index (Phi) is 4.51. The van der Waals surface area contributed by atoms with Crippen molar-refractivity contribution in [1.82, 2.24) is 25.0 Å². The van der Waals surface area contributed by atoms with Crippen LogP contribution in [-0.2, 0) is 0 Å². The first kappa shape index (κ1) is 12.1. The van der Waals surface area contributed by atoms with E-state index in [2.05, 4.69) is 25.8 Å². The third kappa shape index (κ3) is 3.27. The lowest BCUT2D eigenvalue weighted by Gasteiger charge is -2.06. The number of nitrogens with one attached hydrogen (secondary N) is 1. The van der Waals surface area contributed by atoms with Crippen LogP contribution < -0.4 is 5.32 Å². The third-order valence-corrected chi connectivity index (χ3v) is 3.18. The fraction of sp³-hybridized carbons (Fsp3) is 0.556. The van der Waals surface area contributed by atoms with Gasteiger partial charge < -0.3 is 10.4 Å². The van der Waals surface area contributed by atoms with Gasteiger partial charge in [-0.05, 0) is 22.6 Å². The highest BCUT2D eigenvalue weighted by molar-refractivity contribution is 7.99. The third-order valence-electron chi connectivity index (χ3n) is 2.11. The average Bonchev–Trinajstić information content (AvgIpc) is 2.82. The van der Waals surface area contributed by atoms with E-state index in [-0.39, 0.29) is 6.61 Å². The average molecular weight is 254 g/mol. The second-order valence-electron chi connectivity index (χ2n) is 3.36. The summed E-state index contributed by atoms with van der Waals surface area (Å²) in [4.78, 5) is 4.05. The van der Waals surface area contributed by atoms with Crippen molar-refractivity contribution in [3.63, 3.8) is 0 Å². The maximum atomic E-state index is 8.63. The summed E-state index contributed by atoms with van der Waals surface area (Å²) in [7, 11) is 0. The predicted molar refractivity (Wildman–Crippen MR) is 66.1 cm³/mol. The summed E-state index contributed by atoms with van der Waals surface area (Å²) >= 11 is 1.80. The molecule has 7 nitrogen and oxygen atoms in total. The fourth-order valence-corrected chi connectivity index (χ4v) is 2.10. The molecule has 8 heteroatoms. The summed E-state index contributed by atoms with van der Waals surface area (Å²) in [6.07, 6.45) is 4.15. The van der Waals surface area contributed by atoms with E-state index in [9.17, 15) is 0 Å². The van der Waals surface area contributed by atoms with Gasteiger partial charge in [0.05, 0.1) is 12.4 Å². The Bertz CT molecular complexity index is 461. The Labute approximate surface area is 103 Å². The molecular weight excluding hydrogens is 240 g/mol. The first-order valence-electron chi connectivity index (χ1n) is 5.36. The van der Waals surface area contributed by atoms with Crippen LogP contribution in [0.25, 0.3) is 5.65 Å². The van der Waals surface area contributed by atoms with Crippen LogP contribution in [0.2, 0.25) is 0 Å². The van der Waals surface area contributed by atoms with Crippen LogP contribution in [0.15, 0.2) is 12.4 Å². The number of fused-ring (bicyclic) bond motifs is 1. The highest BCUT2D eigenvalue weighted by Gasteiger charge is 2.02. The minimum Gasteiger partial charge on any atom is -0.396 e. The van der Waals surface area contributed by atoms with Gasteiger partial charge >= 0.3 is 0 Å². The Balaban J connectivity index is 1.80. The second kappa shape index (κ2) is 6.36. The zero-order chi connectivity index (χ0) is 11.9. The van der Waals surface area contributed by atoms with Crippen molar-refractivity contribution in [2.45, 2.75) is 6.42 Å². The maximum absolute atomic E-state index is 8.63. The van der Waals surface area contributed by atoms with Crippen LogP contribution in [0.1, 0.15) is 6.42 Å². The molecule has 0 aliphatic rings. The van der Waals surface area contributed by atoms with Crippen molar-refractivity contribution in [2.24, 2.45) is 0 Å². The molecule has 0 unspecified atom stereocenters. The first-order valence-corrected chi connectivity index (χ1v) is 6.52. The molecular formula is C9H14N6OS. The van der Waals surface area contributed by atoms with Crippen LogP contribution in [0.4, 0.5) is 5.82 Å². The number of aliphatic hydroxyl groups excluding tert-OH is 1. The standard InChI is InChI=1S/C9H14N6OS/c16-3-1-4-17-5-2-11-8-6-10-7-9-12-13-14-15(8)9/h6-7,11,16H,1-5H2. The van der Waals surface area contributed by atoms with Crippen molar-refractivity contribution in [1.29, 1.82) is 0 Å². The molecule has 2 aromatic rings. The molecule has 0 atom stereocenters. The molecule has 2 aromatic heterocycles. The molecule has 17 heavy (non-hydrogen) atoms. The van der Waals surface area contributed by atoms with Gasteiger partial charge in [-0.25, -0.2) is 0 Å². The van der Waals surface area contributed by atoms with E-state index in [1.165, 1.54) is 0 Å². The normalized spacial score (nSPS) is 10.9. The van der Waals surface area contributed by atoms with E-state index >= 15 is 0 Å². The van der Waals surface area contributed by atoms with Crippen molar-refractivity contribution in [3.05, 3.63) is 12.4 Å². The smallest absolute Gasteiger partial charge is 0.199 e. The van der Waals surface area contributed by atoms with Gasteiger partial charge in [0.2, 0.25) is 0 Å². The molecule has 2 N–H and O–H groups in total. The lowest BCUT2D eigenvalue weighted by atomic mass is 10.5. The Hall–Kier alpha value is -1.41. The van der Waals surface area contributed by atoms with E-state index in [0.29, 0.717) is 5.65 Å². The van der Waals surface area contributed by atoms with Crippen LogP contribution in [0, 0.1) is 0 Å². The summed E-state index contributed by atoms with van der Waals surface area (Å²) in [5.74, 6) is 2.74. The van der Waals surface area contributed by atoms with Gasteiger partial charge in [0.15, 0.2) is 5.65 Å². The number of thioether (sulfide) groups is 1. The number of aliphatic hydroxyl groups is 1. The Morgan fingerprint density at radius 3 is 3.18 bits per heavy atom. The summed E-state index contributed by atoms with van der Waals surface area (Å²) < 4.78 is 1.62. The van der Waals surface area contributed by atoms with Gasteiger partial charge in [0, 0.05) is 18.9 Å². The molecule has 92 valence electrons. The van der Waals surface area contributed by atoms with Gasteiger partial charge in [0.1, 0.15) is 5.82 Å². The molecule has 2 rings (SSSR count). The van der Waals surface area contributed by atoms with E-state index in [0.717, 1.165) is 30.3 Å². The van der Waals surface area contributed by atoms with E-state index in [1.54, 1.807) is 28.7 Å². The number of hydrogen-bond acceptors (Lipinski definition) is 7. The molecule has 0 aliphatic carbocycles. The molecule has 0 radical (unpaired) electrons. The molecule has 0 aliphatic heterocycles. The predicted octanol–water partition coefficient (Wildman–Crippen LogP) is 0.0468. The Morgan fingerprint density at radius 1 is 1.35 bits per heavy atom. The molecule has 0 bridgehead atoms. The van der Waals surface area contributed by atoms with Gasteiger partial charge in [-0.15, -0.1) is 5.10 Å². The van der Waals surface area contributed by atoms with E-state index < -0.39 is 0 Å². The number of nitrogens with zero attached hydrogens (tertiary/aromatic N) is 5. The molecule has 0 aromatic carbocycles. The van der Waals surface area contributed by atoms with Crippen molar-refractivity contribution >= 4 is 23.2 Å². The van der Waals surface area contributed by atoms with Gasteiger partial charge in [0.25, 0.3) is 0 Å². The topological polar surface area (TPSA) is 88.2 Å². The van der Waals surface area contributed by atoms with Gasteiger partial charge in [-0.2, -0.15) is 16.3 Å². The molecule has 0 saturated heterocycles. The van der Waals surface area contributed by atoms with Crippen LogP contribution >= 0.6 is 11.8 Å². The van der Waals surface area contributed by atoms with Crippen LogP contribution in [-0.4, -0.2) is 54.8 Å². The van der Waals surface area contributed by atoms with Crippen LogP contribution in [0.3, 0.4) is 0 Å². The first-order chi connectivity index (χ1) is 8.42. The van der Waals surface area contributed by atoms with E-state index in [4.69, 9.17) is 5.11 Å². The summed E-state index contributed by atoms with van der Waals surface area (Å²) in [5, 5.41) is 23.1. The lowest BCUT2D eigenvalue weighted by Crippen LogP contribution is -2.09. The second-order valence-corrected chi connectivity index (χ2v) is 4.58. The number of rotatable bonds is 7. The zero-order valence-electron chi connectivity index (χ0n) is 9.28. The van der Waals surface area contributed by atoms with Gasteiger partial charge in [-0.3, -0.25) is 4.98 Å². The monoisotopic (exact) mass is 254 g/mol. The van der Waals surface area contributed by atoms with Gasteiger partial charge in [-0.1, -0.05) is 0 Å². The van der Waals surface area contributed by atoms with Crippen molar-refractivity contribution < 1.29 is 5.11 Å². The Morgan fingerprint density at radius 2 is 2.29 bits per heavy atom. The molecule has 2 heterocycles. The highest BCUT2D eigenvalue weighted by atomic mass is 32.2. The largest absolute Gasteiger partial charge is 0.396 e. The number of hydrogen-bond donors (Lipinski definition) is 2. The molecule has 0 fully saturated rings. The summed E-state index contributed by atoms with van der Waals surface area (Å²) in [6, 6.07) is 0. The molecule has 0 saturated carbocycles. The fourth-order valence-electron chi connectivity index (χ4n) is 1.32. The van der Waals surface area contributed by atoms with Crippen molar-refractivity contribution in [2.75, 3.05) is 30.0 Å². The van der Waals surface area contributed by atoms with Crippen molar-refractivity contribution in [3.8, 4) is 0 Å². The zero-order valence-corrected chi connectivity index (χ0v) is 10.1. The number of aromatic nitrogens is 5. The lowest BCUT2D eigenvalue weighted by molar-refractivity contribution is 0.296. The number of anilines is 1. The molecule has 0 spiro atoms. The minimum atomic E-state index is 0.258. The highest BCUT2D eigenvalue weighted by Crippen LogP contribution is 2.07. The quantitative estimate of drug-likeness (QED) is 0.675. The summed E-state index contributed by atoms with van der Waals surface area (Å²) in [5.41, 5.74) is 0.628. The maximum Gasteiger partial charge on any atom is 0.199 e.